The molecule has 0 aliphatic rings. The summed E-state index contributed by atoms with van der Waals surface area (Å²) in [5, 5.41) is 5.50. The molecule has 3 aromatic rings. The molecular formula is C20H19N3O2. The SMILES string of the molecule is Cc1ccc(NC(=O)Nc2ccc(Oc3ccc(C)cc3)nc2)cc1. The lowest BCUT2D eigenvalue weighted by atomic mass is 10.2. The van der Waals surface area contributed by atoms with Gasteiger partial charge in [0.1, 0.15) is 5.75 Å². The van der Waals surface area contributed by atoms with E-state index in [1.54, 1.807) is 18.3 Å². The van der Waals surface area contributed by atoms with Gasteiger partial charge in [0.15, 0.2) is 0 Å². The van der Waals surface area contributed by atoms with Crippen molar-refractivity contribution in [2.24, 2.45) is 0 Å². The average molecular weight is 333 g/mol. The Morgan fingerprint density at radius 1 is 0.800 bits per heavy atom. The number of hydrogen-bond donors (Lipinski definition) is 2. The van der Waals surface area contributed by atoms with Crippen LogP contribution >= 0.6 is 0 Å². The van der Waals surface area contributed by atoms with Crippen molar-refractivity contribution in [2.45, 2.75) is 13.8 Å². The average Bonchev–Trinajstić information content (AvgIpc) is 2.61. The van der Waals surface area contributed by atoms with Gasteiger partial charge in [-0.2, -0.15) is 0 Å². The molecule has 0 unspecified atom stereocenters. The number of nitrogens with one attached hydrogen (secondary N) is 2. The highest BCUT2D eigenvalue weighted by atomic mass is 16.5. The minimum Gasteiger partial charge on any atom is -0.439 e. The highest BCUT2D eigenvalue weighted by Gasteiger charge is 2.04. The van der Waals surface area contributed by atoms with Gasteiger partial charge in [-0.1, -0.05) is 35.4 Å². The number of anilines is 2. The van der Waals surface area contributed by atoms with Crippen LogP contribution in [0.5, 0.6) is 11.6 Å². The van der Waals surface area contributed by atoms with Gasteiger partial charge in [0.2, 0.25) is 5.88 Å². The van der Waals surface area contributed by atoms with Crippen LogP contribution in [0.3, 0.4) is 0 Å². The third-order valence-corrected chi connectivity index (χ3v) is 3.55. The van der Waals surface area contributed by atoms with Gasteiger partial charge < -0.3 is 15.4 Å². The summed E-state index contributed by atoms with van der Waals surface area (Å²) in [4.78, 5) is 16.2. The number of nitrogens with zero attached hydrogens (tertiary/aromatic N) is 1. The van der Waals surface area contributed by atoms with E-state index in [1.807, 2.05) is 62.4 Å². The summed E-state index contributed by atoms with van der Waals surface area (Å²) in [5.41, 5.74) is 3.62. The van der Waals surface area contributed by atoms with Crippen molar-refractivity contribution in [1.82, 2.24) is 4.98 Å². The Hall–Kier alpha value is -3.34. The van der Waals surface area contributed by atoms with Gasteiger partial charge in [-0.25, -0.2) is 9.78 Å². The van der Waals surface area contributed by atoms with Gasteiger partial charge in [0, 0.05) is 11.8 Å². The van der Waals surface area contributed by atoms with E-state index < -0.39 is 0 Å². The lowest BCUT2D eigenvalue weighted by Crippen LogP contribution is -2.19. The van der Waals surface area contributed by atoms with Crippen molar-refractivity contribution in [3.8, 4) is 11.6 Å². The number of benzene rings is 2. The van der Waals surface area contributed by atoms with Crippen LogP contribution in [0.25, 0.3) is 0 Å². The standard InChI is InChI=1S/C20H19N3O2/c1-14-3-7-16(8-4-14)22-20(24)23-17-9-12-19(21-13-17)25-18-10-5-15(2)6-11-18/h3-13H,1-2H3,(H2,22,23,24). The second-order valence-corrected chi connectivity index (χ2v) is 5.75. The number of aromatic nitrogens is 1. The fourth-order valence-electron chi connectivity index (χ4n) is 2.17. The summed E-state index contributed by atoms with van der Waals surface area (Å²) in [5.74, 6) is 1.18. The third kappa shape index (κ3) is 4.81. The van der Waals surface area contributed by atoms with Crippen LogP contribution in [0.15, 0.2) is 66.9 Å². The number of aryl methyl sites for hydroxylation is 2. The molecule has 0 saturated heterocycles. The number of carbonyl (C=O) groups is 1. The van der Waals surface area contributed by atoms with Crippen LogP contribution in [0.2, 0.25) is 0 Å². The molecule has 25 heavy (non-hydrogen) atoms. The Kier molecular flexibility index (Phi) is 4.95. The quantitative estimate of drug-likeness (QED) is 0.695. The molecule has 0 radical (unpaired) electrons. The van der Waals surface area contributed by atoms with Crippen molar-refractivity contribution < 1.29 is 9.53 Å². The minimum atomic E-state index is -0.321. The summed E-state index contributed by atoms with van der Waals surface area (Å²) < 4.78 is 5.66. The van der Waals surface area contributed by atoms with Gasteiger partial charge in [-0.3, -0.25) is 0 Å². The molecule has 2 amide bonds. The zero-order chi connectivity index (χ0) is 17.6. The first kappa shape index (κ1) is 16.5. The smallest absolute Gasteiger partial charge is 0.323 e. The van der Waals surface area contributed by atoms with E-state index in [-0.39, 0.29) is 6.03 Å². The van der Waals surface area contributed by atoms with Crippen LogP contribution in [0.1, 0.15) is 11.1 Å². The first-order valence-corrected chi connectivity index (χ1v) is 7.94. The van der Waals surface area contributed by atoms with Crippen molar-refractivity contribution in [1.29, 1.82) is 0 Å². The summed E-state index contributed by atoms with van der Waals surface area (Å²) in [6.45, 7) is 4.01. The number of hydrogen-bond acceptors (Lipinski definition) is 3. The Morgan fingerprint density at radius 3 is 1.96 bits per heavy atom. The van der Waals surface area contributed by atoms with Crippen molar-refractivity contribution in [3.63, 3.8) is 0 Å². The number of amides is 2. The van der Waals surface area contributed by atoms with E-state index in [9.17, 15) is 4.79 Å². The number of urea groups is 1. The highest BCUT2D eigenvalue weighted by Crippen LogP contribution is 2.21. The molecule has 0 saturated carbocycles. The van der Waals surface area contributed by atoms with Crippen LogP contribution < -0.4 is 15.4 Å². The van der Waals surface area contributed by atoms with Gasteiger partial charge in [0.05, 0.1) is 11.9 Å². The van der Waals surface area contributed by atoms with Crippen molar-refractivity contribution >= 4 is 17.4 Å². The molecule has 0 fully saturated rings. The fraction of sp³-hybridized carbons (Fsp3) is 0.100. The Balaban J connectivity index is 1.57. The van der Waals surface area contributed by atoms with E-state index in [1.165, 1.54) is 5.56 Å². The Labute approximate surface area is 146 Å². The molecular weight excluding hydrogens is 314 g/mol. The summed E-state index contributed by atoms with van der Waals surface area (Å²) >= 11 is 0. The lowest BCUT2D eigenvalue weighted by molar-refractivity contribution is 0.262. The van der Waals surface area contributed by atoms with Gasteiger partial charge >= 0.3 is 6.03 Å². The predicted molar refractivity (Wildman–Crippen MR) is 99.3 cm³/mol. The second-order valence-electron chi connectivity index (χ2n) is 5.75. The summed E-state index contributed by atoms with van der Waals surface area (Å²) in [6.07, 6.45) is 1.55. The first-order chi connectivity index (χ1) is 12.1. The molecule has 2 N–H and O–H groups in total. The van der Waals surface area contributed by atoms with Crippen molar-refractivity contribution in [2.75, 3.05) is 10.6 Å². The van der Waals surface area contributed by atoms with Crippen molar-refractivity contribution in [3.05, 3.63) is 78.0 Å². The van der Waals surface area contributed by atoms with E-state index in [2.05, 4.69) is 15.6 Å². The Bertz CT molecular complexity index is 842. The minimum absolute atomic E-state index is 0.321. The normalized spacial score (nSPS) is 10.2. The van der Waals surface area contributed by atoms with E-state index in [0.29, 0.717) is 11.6 Å². The number of pyridine rings is 1. The van der Waals surface area contributed by atoms with Gasteiger partial charge in [-0.15, -0.1) is 0 Å². The molecule has 0 atom stereocenters. The maximum Gasteiger partial charge on any atom is 0.323 e. The molecule has 5 heteroatoms. The van der Waals surface area contributed by atoms with Crippen LogP contribution in [-0.2, 0) is 0 Å². The van der Waals surface area contributed by atoms with Gasteiger partial charge in [0.25, 0.3) is 0 Å². The largest absolute Gasteiger partial charge is 0.439 e. The molecule has 0 aliphatic carbocycles. The van der Waals surface area contributed by atoms with E-state index >= 15 is 0 Å². The van der Waals surface area contributed by atoms with Crippen LogP contribution in [0.4, 0.5) is 16.2 Å². The van der Waals surface area contributed by atoms with Crippen LogP contribution in [-0.4, -0.2) is 11.0 Å². The Morgan fingerprint density at radius 2 is 1.36 bits per heavy atom. The highest BCUT2D eigenvalue weighted by molar-refractivity contribution is 5.99. The van der Waals surface area contributed by atoms with E-state index in [0.717, 1.165) is 17.0 Å². The molecule has 1 heterocycles. The summed E-state index contributed by atoms with van der Waals surface area (Å²) in [6, 6.07) is 18.4. The zero-order valence-corrected chi connectivity index (χ0v) is 14.1. The number of carbonyl (C=O) groups excluding carboxylic acids is 1. The fourth-order valence-corrected chi connectivity index (χ4v) is 2.17. The maximum atomic E-state index is 12.0. The molecule has 0 bridgehead atoms. The van der Waals surface area contributed by atoms with Gasteiger partial charge in [-0.05, 0) is 44.2 Å². The first-order valence-electron chi connectivity index (χ1n) is 7.94. The third-order valence-electron chi connectivity index (χ3n) is 3.55. The molecule has 126 valence electrons. The van der Waals surface area contributed by atoms with E-state index in [4.69, 9.17) is 4.74 Å². The molecule has 1 aromatic heterocycles. The lowest BCUT2D eigenvalue weighted by Gasteiger charge is -2.09. The molecule has 3 rings (SSSR count). The molecule has 0 aliphatic heterocycles. The molecule has 2 aromatic carbocycles. The van der Waals surface area contributed by atoms with Crippen LogP contribution in [0, 0.1) is 13.8 Å². The molecule has 0 spiro atoms. The predicted octanol–water partition coefficient (Wildman–Crippen LogP) is 5.13. The zero-order valence-electron chi connectivity index (χ0n) is 14.1. The maximum absolute atomic E-state index is 12.0. The number of ether oxygens (including phenoxy) is 1. The topological polar surface area (TPSA) is 63.2 Å². The second kappa shape index (κ2) is 7.49. The number of rotatable bonds is 4. The summed E-state index contributed by atoms with van der Waals surface area (Å²) in [7, 11) is 0. The monoisotopic (exact) mass is 333 g/mol. The molecule has 5 nitrogen and oxygen atoms in total.